The topological polar surface area (TPSA) is 49.4 Å². The maximum absolute atomic E-state index is 13.2. The number of anilines is 1. The van der Waals surface area contributed by atoms with Crippen molar-refractivity contribution in [3.63, 3.8) is 0 Å². The molecule has 0 radical (unpaired) electrons. The number of imide groups is 1. The number of carbonyl (C=O) groups is 2. The van der Waals surface area contributed by atoms with Crippen LogP contribution in [0.4, 0.5) is 10.1 Å². The van der Waals surface area contributed by atoms with Crippen LogP contribution < -0.4 is 5.32 Å². The van der Waals surface area contributed by atoms with Crippen LogP contribution >= 0.6 is 11.3 Å². The molecule has 0 unspecified atom stereocenters. The number of nitrogens with zero attached hydrogens (tertiary/aromatic N) is 1. The molecule has 158 valence electrons. The molecule has 0 saturated heterocycles. The van der Waals surface area contributed by atoms with Gasteiger partial charge in [0.15, 0.2) is 0 Å². The molecule has 0 saturated carbocycles. The van der Waals surface area contributed by atoms with E-state index >= 15 is 0 Å². The second kappa shape index (κ2) is 8.86. The van der Waals surface area contributed by atoms with Crippen molar-refractivity contribution in [2.24, 2.45) is 0 Å². The van der Waals surface area contributed by atoms with E-state index in [1.165, 1.54) is 33.9 Å². The highest BCUT2D eigenvalue weighted by Crippen LogP contribution is 2.33. The van der Waals surface area contributed by atoms with E-state index in [9.17, 15) is 14.0 Å². The van der Waals surface area contributed by atoms with Crippen LogP contribution in [0.5, 0.6) is 0 Å². The molecule has 0 atom stereocenters. The fourth-order valence-corrected chi connectivity index (χ4v) is 4.30. The maximum atomic E-state index is 13.2. The zero-order valence-corrected chi connectivity index (χ0v) is 18.2. The van der Waals surface area contributed by atoms with Crippen molar-refractivity contribution in [2.45, 2.75) is 26.2 Å². The van der Waals surface area contributed by atoms with Crippen molar-refractivity contribution >= 4 is 34.4 Å². The van der Waals surface area contributed by atoms with Crippen molar-refractivity contribution in [3.8, 4) is 0 Å². The third kappa shape index (κ3) is 4.44. The summed E-state index contributed by atoms with van der Waals surface area (Å²) in [4.78, 5) is 28.4. The Morgan fingerprint density at radius 1 is 0.968 bits per heavy atom. The summed E-state index contributed by atoms with van der Waals surface area (Å²) in [6, 6.07) is 17.7. The Hall–Kier alpha value is -3.25. The summed E-state index contributed by atoms with van der Waals surface area (Å²) in [7, 11) is 0. The molecule has 0 spiro atoms. The lowest BCUT2D eigenvalue weighted by molar-refractivity contribution is -0.136. The number of nitrogens with one attached hydrogen (secondary N) is 1. The average Bonchev–Trinajstić information content (AvgIpc) is 3.36. The van der Waals surface area contributed by atoms with E-state index in [1.54, 1.807) is 12.1 Å². The van der Waals surface area contributed by atoms with Crippen molar-refractivity contribution in [1.82, 2.24) is 4.90 Å². The van der Waals surface area contributed by atoms with Crippen LogP contribution in [0.1, 0.15) is 35.8 Å². The van der Waals surface area contributed by atoms with Gasteiger partial charge in [0.2, 0.25) is 0 Å². The van der Waals surface area contributed by atoms with Gasteiger partial charge in [-0.2, -0.15) is 0 Å². The first kappa shape index (κ1) is 21.0. The highest BCUT2D eigenvalue weighted by atomic mass is 32.1. The molecule has 6 heteroatoms. The number of benzene rings is 2. The number of halogens is 1. The largest absolute Gasteiger partial charge is 0.350 e. The molecule has 0 aliphatic carbocycles. The van der Waals surface area contributed by atoms with E-state index in [2.05, 4.69) is 19.2 Å². The van der Waals surface area contributed by atoms with Crippen molar-refractivity contribution < 1.29 is 14.0 Å². The molecule has 1 aliphatic heterocycles. The van der Waals surface area contributed by atoms with Crippen molar-refractivity contribution in [1.29, 1.82) is 0 Å². The Morgan fingerprint density at radius 3 is 2.29 bits per heavy atom. The number of thiophene rings is 1. The van der Waals surface area contributed by atoms with Gasteiger partial charge in [-0.25, -0.2) is 4.39 Å². The minimum atomic E-state index is -0.344. The highest BCUT2D eigenvalue weighted by Gasteiger charge is 2.39. The van der Waals surface area contributed by atoms with E-state index in [4.69, 9.17) is 0 Å². The molecular weight excluding hydrogens is 411 g/mol. The second-order valence-electron chi connectivity index (χ2n) is 7.77. The van der Waals surface area contributed by atoms with Crippen LogP contribution in [-0.4, -0.2) is 23.3 Å². The molecule has 2 aromatic carbocycles. The first-order chi connectivity index (χ1) is 14.9. The lowest BCUT2D eigenvalue weighted by atomic mass is 10.0. The quantitative estimate of drug-likeness (QED) is 0.504. The Morgan fingerprint density at radius 2 is 1.68 bits per heavy atom. The van der Waals surface area contributed by atoms with Crippen LogP contribution in [0.2, 0.25) is 0 Å². The SMILES string of the molecule is CC(C)c1ccc(NC2=C(c3cccs3)C(=O)N(CCc3ccc(F)cc3)C2=O)cc1. The number of hydrogen-bond donors (Lipinski definition) is 1. The van der Waals surface area contributed by atoms with Crippen LogP contribution in [0.25, 0.3) is 5.57 Å². The van der Waals surface area contributed by atoms with Crippen LogP contribution in [-0.2, 0) is 16.0 Å². The van der Waals surface area contributed by atoms with Crippen LogP contribution in [0, 0.1) is 5.82 Å². The van der Waals surface area contributed by atoms with Crippen molar-refractivity contribution in [3.05, 3.63) is 93.6 Å². The fraction of sp³-hybridized carbons (Fsp3) is 0.200. The Bertz CT molecular complexity index is 1120. The van der Waals surface area contributed by atoms with Gasteiger partial charge >= 0.3 is 0 Å². The Kier molecular flexibility index (Phi) is 6.00. The lowest BCUT2D eigenvalue weighted by Gasteiger charge is -2.15. The van der Waals surface area contributed by atoms with E-state index < -0.39 is 0 Å². The van der Waals surface area contributed by atoms with Gasteiger partial charge in [-0.1, -0.05) is 44.2 Å². The minimum absolute atomic E-state index is 0.232. The fourth-order valence-electron chi connectivity index (χ4n) is 3.53. The van der Waals surface area contributed by atoms with Gasteiger partial charge in [0, 0.05) is 17.1 Å². The monoisotopic (exact) mass is 434 g/mol. The first-order valence-electron chi connectivity index (χ1n) is 10.2. The minimum Gasteiger partial charge on any atom is -0.350 e. The van der Waals surface area contributed by atoms with Gasteiger partial charge in [-0.05, 0) is 59.2 Å². The van der Waals surface area contributed by atoms with Gasteiger partial charge in [-0.3, -0.25) is 14.5 Å². The lowest BCUT2D eigenvalue weighted by Crippen LogP contribution is -2.34. The summed E-state index contributed by atoms with van der Waals surface area (Å²) in [6.07, 6.45) is 0.464. The summed E-state index contributed by atoms with van der Waals surface area (Å²) in [5, 5.41) is 5.07. The smallest absolute Gasteiger partial charge is 0.278 e. The van der Waals surface area contributed by atoms with Crippen molar-refractivity contribution in [2.75, 3.05) is 11.9 Å². The zero-order chi connectivity index (χ0) is 22.0. The van der Waals surface area contributed by atoms with Gasteiger partial charge in [0.1, 0.15) is 11.5 Å². The molecule has 0 bridgehead atoms. The third-order valence-corrected chi connectivity index (χ3v) is 6.21. The summed E-state index contributed by atoms with van der Waals surface area (Å²) in [5.74, 6) is -0.556. The molecule has 4 nitrogen and oxygen atoms in total. The van der Waals surface area contributed by atoms with E-state index in [1.807, 2.05) is 41.8 Å². The molecule has 2 heterocycles. The summed E-state index contributed by atoms with van der Waals surface area (Å²) in [6.45, 7) is 4.48. The van der Waals surface area contributed by atoms with Crippen LogP contribution in [0.15, 0.2) is 71.7 Å². The Labute approximate surface area is 185 Å². The van der Waals surface area contributed by atoms with E-state index in [0.717, 1.165) is 16.1 Å². The predicted molar refractivity (Wildman–Crippen MR) is 122 cm³/mol. The number of hydrogen-bond acceptors (Lipinski definition) is 4. The van der Waals surface area contributed by atoms with Gasteiger partial charge in [-0.15, -0.1) is 11.3 Å². The Balaban J connectivity index is 1.59. The van der Waals surface area contributed by atoms with E-state index in [-0.39, 0.29) is 24.2 Å². The molecule has 1 aromatic heterocycles. The highest BCUT2D eigenvalue weighted by molar-refractivity contribution is 7.11. The molecule has 2 amide bonds. The zero-order valence-electron chi connectivity index (χ0n) is 17.4. The molecule has 0 fully saturated rings. The average molecular weight is 435 g/mol. The number of carbonyl (C=O) groups excluding carboxylic acids is 2. The normalized spacial score (nSPS) is 14.1. The standard InChI is InChI=1S/C25H23FN2O2S/c1-16(2)18-7-11-20(12-8-18)27-23-22(21-4-3-15-31-21)24(29)28(25(23)30)14-13-17-5-9-19(26)10-6-17/h3-12,15-16,27H,13-14H2,1-2H3. The third-order valence-electron chi connectivity index (χ3n) is 5.32. The van der Waals surface area contributed by atoms with Gasteiger partial charge in [0.25, 0.3) is 11.8 Å². The van der Waals surface area contributed by atoms with Gasteiger partial charge < -0.3 is 5.32 Å². The van der Waals surface area contributed by atoms with E-state index in [0.29, 0.717) is 23.6 Å². The molecule has 31 heavy (non-hydrogen) atoms. The van der Waals surface area contributed by atoms with Gasteiger partial charge in [0.05, 0.1) is 5.57 Å². The maximum Gasteiger partial charge on any atom is 0.278 e. The second-order valence-corrected chi connectivity index (χ2v) is 8.72. The molecular formula is C25H23FN2O2S. The molecule has 1 N–H and O–H groups in total. The summed E-state index contributed by atoms with van der Waals surface area (Å²) in [5.41, 5.74) is 3.52. The number of rotatable bonds is 7. The first-order valence-corrected chi connectivity index (χ1v) is 11.1. The van der Waals surface area contributed by atoms with Crippen LogP contribution in [0.3, 0.4) is 0 Å². The molecule has 3 aromatic rings. The predicted octanol–water partition coefficient (Wildman–Crippen LogP) is 5.45. The molecule has 4 rings (SSSR count). The summed E-state index contributed by atoms with van der Waals surface area (Å²) < 4.78 is 13.2. The number of amides is 2. The molecule has 1 aliphatic rings. The summed E-state index contributed by atoms with van der Waals surface area (Å²) >= 11 is 1.43.